The van der Waals surface area contributed by atoms with E-state index in [0.29, 0.717) is 0 Å². The van der Waals surface area contributed by atoms with Gasteiger partial charge < -0.3 is 9.88 Å². The Hall–Kier alpha value is -1.61. The highest BCUT2D eigenvalue weighted by Crippen LogP contribution is 2.13. The summed E-state index contributed by atoms with van der Waals surface area (Å²) in [7, 11) is 1.96. The third-order valence-electron chi connectivity index (χ3n) is 2.60. The van der Waals surface area contributed by atoms with E-state index in [2.05, 4.69) is 46.1 Å². The molecule has 0 aliphatic carbocycles. The molecule has 84 valence electrons. The summed E-state index contributed by atoms with van der Waals surface area (Å²) in [5, 5.41) is 3.16. The largest absolute Gasteiger partial charge is 0.316 e. The molecule has 2 rings (SSSR count). The van der Waals surface area contributed by atoms with Crippen molar-refractivity contribution in [3.8, 4) is 5.69 Å². The standard InChI is InChI=1S/C13H17N3/c1-3-13-15-7-8-16(13)12-6-4-5-11(9-12)10-14-2/h4-9,14H,3,10H2,1-2H3. The number of nitrogens with one attached hydrogen (secondary N) is 1. The van der Waals surface area contributed by atoms with Crippen LogP contribution in [0.5, 0.6) is 0 Å². The molecule has 1 heterocycles. The van der Waals surface area contributed by atoms with Gasteiger partial charge in [-0.2, -0.15) is 0 Å². The maximum Gasteiger partial charge on any atom is 0.112 e. The van der Waals surface area contributed by atoms with E-state index < -0.39 is 0 Å². The van der Waals surface area contributed by atoms with Crippen LogP contribution in [-0.2, 0) is 13.0 Å². The number of benzene rings is 1. The fourth-order valence-corrected chi connectivity index (χ4v) is 1.85. The molecule has 0 amide bonds. The van der Waals surface area contributed by atoms with Gasteiger partial charge in [0.25, 0.3) is 0 Å². The molecule has 0 spiro atoms. The molecule has 2 aromatic rings. The monoisotopic (exact) mass is 215 g/mol. The van der Waals surface area contributed by atoms with E-state index >= 15 is 0 Å². The van der Waals surface area contributed by atoms with E-state index in [-0.39, 0.29) is 0 Å². The lowest BCUT2D eigenvalue weighted by molar-refractivity contribution is 0.814. The van der Waals surface area contributed by atoms with Crippen molar-refractivity contribution in [1.82, 2.24) is 14.9 Å². The number of aryl methyl sites for hydroxylation is 1. The minimum Gasteiger partial charge on any atom is -0.316 e. The molecular formula is C13H17N3. The minimum absolute atomic E-state index is 0.893. The number of hydrogen-bond acceptors (Lipinski definition) is 2. The molecule has 0 radical (unpaired) electrons. The number of nitrogens with zero attached hydrogens (tertiary/aromatic N) is 2. The molecule has 16 heavy (non-hydrogen) atoms. The Labute approximate surface area is 96.1 Å². The molecule has 1 N–H and O–H groups in total. The number of hydrogen-bond donors (Lipinski definition) is 1. The summed E-state index contributed by atoms with van der Waals surface area (Å²) in [6.45, 7) is 3.01. The minimum atomic E-state index is 0.893. The van der Waals surface area contributed by atoms with Crippen LogP contribution in [0, 0.1) is 0 Å². The van der Waals surface area contributed by atoms with Crippen LogP contribution in [0.4, 0.5) is 0 Å². The van der Waals surface area contributed by atoms with Gasteiger partial charge in [-0.1, -0.05) is 19.1 Å². The van der Waals surface area contributed by atoms with E-state index in [1.807, 2.05) is 19.4 Å². The summed E-state index contributed by atoms with van der Waals surface area (Å²) in [5.74, 6) is 1.10. The molecule has 1 aromatic carbocycles. The predicted octanol–water partition coefficient (Wildman–Crippen LogP) is 2.15. The number of aromatic nitrogens is 2. The lowest BCUT2D eigenvalue weighted by atomic mass is 10.2. The topological polar surface area (TPSA) is 29.9 Å². The normalized spacial score (nSPS) is 10.6. The maximum absolute atomic E-state index is 4.33. The summed E-state index contributed by atoms with van der Waals surface area (Å²) >= 11 is 0. The molecule has 1 aromatic heterocycles. The first-order valence-electron chi connectivity index (χ1n) is 5.61. The fraction of sp³-hybridized carbons (Fsp3) is 0.308. The summed E-state index contributed by atoms with van der Waals surface area (Å²) in [6.07, 6.45) is 4.81. The summed E-state index contributed by atoms with van der Waals surface area (Å²) < 4.78 is 2.14. The Bertz CT molecular complexity index is 460. The second kappa shape index (κ2) is 4.94. The third kappa shape index (κ3) is 2.14. The molecule has 0 fully saturated rings. The van der Waals surface area contributed by atoms with Gasteiger partial charge in [0.2, 0.25) is 0 Å². The zero-order valence-electron chi connectivity index (χ0n) is 9.77. The first-order chi connectivity index (χ1) is 7.85. The highest BCUT2D eigenvalue weighted by Gasteiger charge is 2.02. The highest BCUT2D eigenvalue weighted by atomic mass is 15.1. The summed E-state index contributed by atoms with van der Waals surface area (Å²) in [6, 6.07) is 8.52. The van der Waals surface area contributed by atoms with Crippen LogP contribution in [-0.4, -0.2) is 16.6 Å². The molecule has 3 nitrogen and oxygen atoms in total. The van der Waals surface area contributed by atoms with Crippen LogP contribution in [0.25, 0.3) is 5.69 Å². The van der Waals surface area contributed by atoms with Gasteiger partial charge in [0.15, 0.2) is 0 Å². The Morgan fingerprint density at radius 2 is 2.25 bits per heavy atom. The van der Waals surface area contributed by atoms with Gasteiger partial charge in [-0.05, 0) is 24.7 Å². The zero-order chi connectivity index (χ0) is 11.4. The second-order valence-corrected chi connectivity index (χ2v) is 3.77. The smallest absolute Gasteiger partial charge is 0.112 e. The van der Waals surface area contributed by atoms with Crippen LogP contribution in [0.1, 0.15) is 18.3 Å². The van der Waals surface area contributed by atoms with Crippen molar-refractivity contribution in [3.63, 3.8) is 0 Å². The molecule has 3 heteroatoms. The van der Waals surface area contributed by atoms with E-state index in [4.69, 9.17) is 0 Å². The lowest BCUT2D eigenvalue weighted by Gasteiger charge is -2.08. The molecule has 0 atom stereocenters. The molecule has 0 saturated carbocycles. The first-order valence-corrected chi connectivity index (χ1v) is 5.61. The average molecular weight is 215 g/mol. The molecule has 0 aliphatic rings. The van der Waals surface area contributed by atoms with Gasteiger partial charge in [0.05, 0.1) is 0 Å². The van der Waals surface area contributed by atoms with Crippen molar-refractivity contribution < 1.29 is 0 Å². The van der Waals surface area contributed by atoms with Gasteiger partial charge in [-0.25, -0.2) is 4.98 Å². The van der Waals surface area contributed by atoms with Crippen molar-refractivity contribution in [2.75, 3.05) is 7.05 Å². The predicted molar refractivity (Wildman–Crippen MR) is 65.7 cm³/mol. The molecule has 0 saturated heterocycles. The summed E-state index contributed by atoms with van der Waals surface area (Å²) in [5.41, 5.74) is 2.47. The SMILES string of the molecule is CCc1nccn1-c1cccc(CNC)c1. The van der Waals surface area contributed by atoms with Crippen LogP contribution >= 0.6 is 0 Å². The molecule has 0 unspecified atom stereocenters. The first kappa shape index (κ1) is 10.9. The third-order valence-corrected chi connectivity index (χ3v) is 2.60. The Kier molecular flexibility index (Phi) is 3.37. The van der Waals surface area contributed by atoms with Crippen molar-refractivity contribution in [1.29, 1.82) is 0 Å². The van der Waals surface area contributed by atoms with Gasteiger partial charge in [-0.3, -0.25) is 0 Å². The van der Waals surface area contributed by atoms with E-state index in [1.165, 1.54) is 11.3 Å². The van der Waals surface area contributed by atoms with Crippen LogP contribution < -0.4 is 5.32 Å². The van der Waals surface area contributed by atoms with Crippen molar-refractivity contribution >= 4 is 0 Å². The highest BCUT2D eigenvalue weighted by molar-refractivity contribution is 5.37. The van der Waals surface area contributed by atoms with E-state index in [9.17, 15) is 0 Å². The van der Waals surface area contributed by atoms with E-state index in [1.54, 1.807) is 0 Å². The lowest BCUT2D eigenvalue weighted by Crippen LogP contribution is -2.06. The van der Waals surface area contributed by atoms with Crippen LogP contribution in [0.15, 0.2) is 36.7 Å². The zero-order valence-corrected chi connectivity index (χ0v) is 9.77. The average Bonchev–Trinajstić information content (AvgIpc) is 2.78. The van der Waals surface area contributed by atoms with Crippen molar-refractivity contribution in [2.24, 2.45) is 0 Å². The Balaban J connectivity index is 2.36. The maximum atomic E-state index is 4.33. The quantitative estimate of drug-likeness (QED) is 0.847. The Morgan fingerprint density at radius 1 is 1.38 bits per heavy atom. The van der Waals surface area contributed by atoms with Gasteiger partial charge in [-0.15, -0.1) is 0 Å². The number of rotatable bonds is 4. The molecule has 0 bridgehead atoms. The van der Waals surface area contributed by atoms with Gasteiger partial charge >= 0.3 is 0 Å². The molecule has 0 aliphatic heterocycles. The van der Waals surface area contributed by atoms with Crippen molar-refractivity contribution in [2.45, 2.75) is 19.9 Å². The summed E-state index contributed by atoms with van der Waals surface area (Å²) in [4.78, 5) is 4.33. The van der Waals surface area contributed by atoms with Crippen LogP contribution in [0.2, 0.25) is 0 Å². The second-order valence-electron chi connectivity index (χ2n) is 3.77. The van der Waals surface area contributed by atoms with E-state index in [0.717, 1.165) is 18.8 Å². The van der Waals surface area contributed by atoms with Crippen molar-refractivity contribution in [3.05, 3.63) is 48.0 Å². The molecular weight excluding hydrogens is 198 g/mol. The number of imidazole rings is 1. The van der Waals surface area contributed by atoms with Gasteiger partial charge in [0, 0.05) is 31.0 Å². The van der Waals surface area contributed by atoms with Gasteiger partial charge in [0.1, 0.15) is 5.82 Å². The van der Waals surface area contributed by atoms with Crippen LogP contribution in [0.3, 0.4) is 0 Å². The fourth-order valence-electron chi connectivity index (χ4n) is 1.85. The Morgan fingerprint density at radius 3 is 3.00 bits per heavy atom.